The molecule has 1 saturated heterocycles. The lowest BCUT2D eigenvalue weighted by Gasteiger charge is -2.32. The Morgan fingerprint density at radius 1 is 1.42 bits per heavy atom. The number of hydrogen-bond acceptors (Lipinski definition) is 4. The number of likely N-dealkylation sites (tertiary alicyclic amines) is 1. The summed E-state index contributed by atoms with van der Waals surface area (Å²) in [6.07, 6.45) is 7.74. The van der Waals surface area contributed by atoms with E-state index in [1.54, 1.807) is 15.7 Å². The topological polar surface area (TPSA) is 88.6 Å². The van der Waals surface area contributed by atoms with Gasteiger partial charge in [0.25, 0.3) is 0 Å². The molecule has 0 saturated carbocycles. The van der Waals surface area contributed by atoms with Gasteiger partial charge in [0.1, 0.15) is 11.5 Å². The summed E-state index contributed by atoms with van der Waals surface area (Å²) in [5.41, 5.74) is 0.159. The van der Waals surface area contributed by atoms with E-state index in [-0.39, 0.29) is 17.5 Å². The number of carboxylic acids is 1. The van der Waals surface area contributed by atoms with Gasteiger partial charge in [-0.25, -0.2) is 4.79 Å². The van der Waals surface area contributed by atoms with Crippen LogP contribution < -0.4 is 0 Å². The molecule has 1 unspecified atom stereocenters. The number of carbonyl (C=O) groups is 2. The lowest BCUT2D eigenvalue weighted by molar-refractivity contribution is -0.127. The van der Waals surface area contributed by atoms with Crippen molar-refractivity contribution in [2.75, 3.05) is 13.1 Å². The van der Waals surface area contributed by atoms with Crippen molar-refractivity contribution in [2.24, 2.45) is 0 Å². The van der Waals surface area contributed by atoms with Gasteiger partial charge in [-0.3, -0.25) is 9.48 Å². The Labute approximate surface area is 139 Å². The maximum Gasteiger partial charge on any atom is 0.338 e. The molecule has 1 amide bonds. The van der Waals surface area contributed by atoms with E-state index < -0.39 is 5.97 Å². The summed E-state index contributed by atoms with van der Waals surface area (Å²) >= 11 is 0. The van der Waals surface area contributed by atoms with Gasteiger partial charge in [0.05, 0.1) is 17.8 Å². The summed E-state index contributed by atoms with van der Waals surface area (Å²) in [6.45, 7) is 3.05. The van der Waals surface area contributed by atoms with Crippen molar-refractivity contribution >= 4 is 18.0 Å². The van der Waals surface area contributed by atoms with Crippen molar-refractivity contribution in [3.63, 3.8) is 0 Å². The fraction of sp³-hybridized carbons (Fsp3) is 0.353. The first-order chi connectivity index (χ1) is 11.5. The molecule has 126 valence electrons. The zero-order chi connectivity index (χ0) is 17.1. The molecule has 3 rings (SSSR count). The summed E-state index contributed by atoms with van der Waals surface area (Å²) in [5, 5.41) is 13.1. The molecule has 2 aromatic heterocycles. The first-order valence-corrected chi connectivity index (χ1v) is 7.84. The van der Waals surface area contributed by atoms with E-state index in [1.165, 1.54) is 18.5 Å². The Morgan fingerprint density at radius 3 is 2.92 bits per heavy atom. The molecule has 0 bridgehead atoms. The summed E-state index contributed by atoms with van der Waals surface area (Å²) in [4.78, 5) is 25.1. The molecule has 1 atom stereocenters. The molecule has 1 fully saturated rings. The maximum atomic E-state index is 12.3. The largest absolute Gasteiger partial charge is 0.478 e. The van der Waals surface area contributed by atoms with Crippen LogP contribution in [-0.2, 0) is 4.79 Å². The summed E-state index contributed by atoms with van der Waals surface area (Å²) in [6, 6.07) is 3.66. The number of aromatic carboxylic acids is 1. The SMILES string of the molecule is Cc1ccc(C=CC(=O)N2CCCC(n3cc(C(=O)O)cn3)C2)o1. The van der Waals surface area contributed by atoms with Crippen LogP contribution in [0.15, 0.2) is 35.0 Å². The van der Waals surface area contributed by atoms with Crippen molar-refractivity contribution in [1.82, 2.24) is 14.7 Å². The fourth-order valence-corrected chi connectivity index (χ4v) is 2.82. The average Bonchev–Trinajstić information content (AvgIpc) is 3.22. The Morgan fingerprint density at radius 2 is 2.25 bits per heavy atom. The number of aromatic nitrogens is 2. The maximum absolute atomic E-state index is 12.3. The number of carbonyl (C=O) groups excluding carboxylic acids is 1. The minimum absolute atomic E-state index is 0.00458. The number of rotatable bonds is 4. The third-order valence-electron chi connectivity index (χ3n) is 4.08. The van der Waals surface area contributed by atoms with Gasteiger partial charge in [0.2, 0.25) is 5.91 Å². The molecule has 0 aromatic carbocycles. The number of furan rings is 1. The van der Waals surface area contributed by atoms with E-state index in [9.17, 15) is 9.59 Å². The molecule has 3 heterocycles. The highest BCUT2D eigenvalue weighted by molar-refractivity contribution is 5.91. The van der Waals surface area contributed by atoms with Gasteiger partial charge < -0.3 is 14.4 Å². The number of hydrogen-bond donors (Lipinski definition) is 1. The van der Waals surface area contributed by atoms with Crippen LogP contribution in [-0.4, -0.2) is 44.8 Å². The molecule has 2 aromatic rings. The van der Waals surface area contributed by atoms with Crippen molar-refractivity contribution in [3.05, 3.63) is 47.7 Å². The van der Waals surface area contributed by atoms with Crippen LogP contribution in [0.5, 0.6) is 0 Å². The number of nitrogens with zero attached hydrogens (tertiary/aromatic N) is 3. The van der Waals surface area contributed by atoms with Crippen molar-refractivity contribution in [3.8, 4) is 0 Å². The quantitative estimate of drug-likeness (QED) is 0.870. The molecule has 7 heteroatoms. The van der Waals surface area contributed by atoms with E-state index >= 15 is 0 Å². The number of piperidine rings is 1. The molecule has 1 aliphatic heterocycles. The minimum atomic E-state index is -0.998. The first kappa shape index (κ1) is 16.0. The van der Waals surface area contributed by atoms with Crippen LogP contribution in [0.25, 0.3) is 6.08 Å². The van der Waals surface area contributed by atoms with Crippen molar-refractivity contribution < 1.29 is 19.1 Å². The Bertz CT molecular complexity index is 774. The Balaban J connectivity index is 1.65. The van der Waals surface area contributed by atoms with Gasteiger partial charge in [-0.15, -0.1) is 0 Å². The minimum Gasteiger partial charge on any atom is -0.478 e. The molecular weight excluding hydrogens is 310 g/mol. The van der Waals surface area contributed by atoms with Crippen LogP contribution in [0.4, 0.5) is 0 Å². The predicted octanol–water partition coefficient (Wildman–Crippen LogP) is 2.36. The lowest BCUT2D eigenvalue weighted by Crippen LogP contribution is -2.40. The van der Waals surface area contributed by atoms with Crippen LogP contribution >= 0.6 is 0 Å². The summed E-state index contributed by atoms with van der Waals surface area (Å²) in [5.74, 6) is 0.363. The highest BCUT2D eigenvalue weighted by Gasteiger charge is 2.24. The molecule has 7 nitrogen and oxygen atoms in total. The molecular formula is C17H19N3O4. The lowest BCUT2D eigenvalue weighted by atomic mass is 10.1. The second-order valence-electron chi connectivity index (χ2n) is 5.88. The third-order valence-corrected chi connectivity index (χ3v) is 4.08. The average molecular weight is 329 g/mol. The molecule has 0 spiro atoms. The predicted molar refractivity (Wildman–Crippen MR) is 86.5 cm³/mol. The zero-order valence-electron chi connectivity index (χ0n) is 13.4. The van der Waals surface area contributed by atoms with Crippen LogP contribution in [0.2, 0.25) is 0 Å². The van der Waals surface area contributed by atoms with Crippen LogP contribution in [0, 0.1) is 6.92 Å². The van der Waals surface area contributed by atoms with Gasteiger partial charge in [0.15, 0.2) is 0 Å². The van der Waals surface area contributed by atoms with E-state index in [2.05, 4.69) is 5.10 Å². The van der Waals surface area contributed by atoms with Gasteiger partial charge in [-0.2, -0.15) is 5.10 Å². The van der Waals surface area contributed by atoms with Crippen LogP contribution in [0.3, 0.4) is 0 Å². The number of amides is 1. The Hall–Kier alpha value is -2.83. The highest BCUT2D eigenvalue weighted by atomic mass is 16.4. The van der Waals surface area contributed by atoms with Crippen molar-refractivity contribution in [2.45, 2.75) is 25.8 Å². The number of carboxylic acid groups (broad SMARTS) is 1. The normalized spacial score (nSPS) is 18.2. The van der Waals surface area contributed by atoms with E-state index in [0.717, 1.165) is 18.6 Å². The molecule has 0 radical (unpaired) electrons. The Kier molecular flexibility index (Phi) is 4.50. The molecule has 1 N–H and O–H groups in total. The summed E-state index contributed by atoms with van der Waals surface area (Å²) < 4.78 is 7.05. The van der Waals surface area contributed by atoms with E-state index in [4.69, 9.17) is 9.52 Å². The van der Waals surface area contributed by atoms with Gasteiger partial charge in [-0.1, -0.05) is 0 Å². The standard InChI is InChI=1S/C17H19N3O4/c1-12-4-5-15(24-12)6-7-16(21)19-8-2-3-14(11-19)20-10-13(9-18-20)17(22)23/h4-7,9-10,14H,2-3,8,11H2,1H3,(H,22,23). The second-order valence-corrected chi connectivity index (χ2v) is 5.88. The molecule has 24 heavy (non-hydrogen) atoms. The van der Waals surface area contributed by atoms with E-state index in [1.807, 2.05) is 19.1 Å². The van der Waals surface area contributed by atoms with Gasteiger partial charge in [-0.05, 0) is 38.0 Å². The van der Waals surface area contributed by atoms with E-state index in [0.29, 0.717) is 18.8 Å². The zero-order valence-corrected chi connectivity index (χ0v) is 13.4. The van der Waals surface area contributed by atoms with Crippen molar-refractivity contribution in [1.29, 1.82) is 0 Å². The number of aryl methyl sites for hydroxylation is 1. The van der Waals surface area contributed by atoms with Gasteiger partial charge in [0, 0.05) is 25.4 Å². The highest BCUT2D eigenvalue weighted by Crippen LogP contribution is 2.21. The van der Waals surface area contributed by atoms with Gasteiger partial charge >= 0.3 is 5.97 Å². The van der Waals surface area contributed by atoms with Crippen LogP contribution in [0.1, 0.15) is 40.8 Å². The molecule has 1 aliphatic rings. The fourth-order valence-electron chi connectivity index (χ4n) is 2.82. The summed E-state index contributed by atoms with van der Waals surface area (Å²) in [7, 11) is 0. The molecule has 0 aliphatic carbocycles. The smallest absolute Gasteiger partial charge is 0.338 e. The second kappa shape index (κ2) is 6.74. The monoisotopic (exact) mass is 329 g/mol. The third kappa shape index (κ3) is 3.56. The first-order valence-electron chi connectivity index (χ1n) is 7.84.